The fourth-order valence-electron chi connectivity index (χ4n) is 7.91. The SMILES string of the molecule is CC(C)(NC(=O)[C@@H]1CCCCN1)C(=O)NC(C)(C)C(=O)N[C@@H](CCCCN)C(=O)NC(C)(C)C(=O)NC(C)(C)C(=O)N[C@@H](CCCCN)C(=O)NC(C)(C)C(=O)NC(C)(C)C(=O)N1CCCC[C@H]1C(=O)O. The van der Waals surface area contributed by atoms with Crippen LogP contribution in [0.4, 0.5) is 0 Å². The molecule has 0 radical (unpaired) electrons. The monoisotopic (exact) mass is 1010 g/mol. The number of carboxylic acids is 1. The van der Waals surface area contributed by atoms with Crippen LogP contribution in [0, 0.1) is 0 Å². The van der Waals surface area contributed by atoms with Crippen LogP contribution in [0.15, 0.2) is 0 Å². The molecule has 0 aromatic heterocycles. The number of amides is 9. The number of unbranched alkanes of at least 4 members (excludes halogenated alkanes) is 2. The van der Waals surface area contributed by atoms with Crippen LogP contribution in [0.2, 0.25) is 0 Å². The fraction of sp³-hybridized carbons (Fsp3) is 0.792. The first kappa shape index (κ1) is 61.7. The second-order valence-electron chi connectivity index (χ2n) is 22.1. The van der Waals surface area contributed by atoms with E-state index in [1.807, 2.05) is 0 Å². The summed E-state index contributed by atoms with van der Waals surface area (Å²) in [6, 6.07) is -3.89. The van der Waals surface area contributed by atoms with E-state index >= 15 is 0 Å². The first-order valence-electron chi connectivity index (χ1n) is 24.9. The number of nitrogens with two attached hydrogens (primary N) is 2. The lowest BCUT2D eigenvalue weighted by atomic mass is 9.94. The number of rotatable bonds is 26. The van der Waals surface area contributed by atoms with Crippen molar-refractivity contribution in [3.8, 4) is 0 Å². The van der Waals surface area contributed by atoms with E-state index in [0.717, 1.165) is 12.8 Å². The minimum absolute atomic E-state index is 0.0950. The van der Waals surface area contributed by atoms with Crippen LogP contribution in [-0.2, 0) is 47.9 Å². The van der Waals surface area contributed by atoms with Crippen molar-refractivity contribution in [3.05, 3.63) is 0 Å². The van der Waals surface area contributed by atoms with E-state index < -0.39 is 111 Å². The Morgan fingerprint density at radius 1 is 0.521 bits per heavy atom. The van der Waals surface area contributed by atoms with Crippen molar-refractivity contribution in [2.45, 2.75) is 218 Å². The van der Waals surface area contributed by atoms with Gasteiger partial charge in [-0.25, -0.2) is 4.79 Å². The van der Waals surface area contributed by atoms with Gasteiger partial charge in [-0.2, -0.15) is 0 Å². The topological polar surface area (TPSA) is 354 Å². The van der Waals surface area contributed by atoms with E-state index in [0.29, 0.717) is 64.6 Å². The molecule has 0 spiro atoms. The highest BCUT2D eigenvalue weighted by molar-refractivity contribution is 6.01. The lowest BCUT2D eigenvalue weighted by molar-refractivity contribution is -0.155. The van der Waals surface area contributed by atoms with Crippen molar-refractivity contribution in [3.63, 3.8) is 0 Å². The molecule has 0 unspecified atom stereocenters. The molecular weight excluding hydrogens is 921 g/mol. The Hall–Kier alpha value is -5.42. The zero-order chi connectivity index (χ0) is 54.3. The van der Waals surface area contributed by atoms with Gasteiger partial charge >= 0.3 is 5.97 Å². The van der Waals surface area contributed by atoms with Crippen LogP contribution in [0.1, 0.15) is 160 Å². The summed E-state index contributed by atoms with van der Waals surface area (Å²) in [6.45, 7) is 18.8. The summed E-state index contributed by atoms with van der Waals surface area (Å²) in [7, 11) is 0. The van der Waals surface area contributed by atoms with E-state index in [2.05, 4.69) is 47.9 Å². The van der Waals surface area contributed by atoms with Crippen LogP contribution in [0.3, 0.4) is 0 Å². The predicted octanol–water partition coefficient (Wildman–Crippen LogP) is -0.809. The zero-order valence-electron chi connectivity index (χ0n) is 44.3. The van der Waals surface area contributed by atoms with Gasteiger partial charge in [0.25, 0.3) is 0 Å². The van der Waals surface area contributed by atoms with Crippen LogP contribution in [0.25, 0.3) is 0 Å². The number of carbonyl (C=O) groups is 10. The standard InChI is InChI=1S/C48H86N12O11/c1-43(2,57-39(68)45(5,6)54-33(61)29-21-15-19-27-51-29)37(66)52-30(22-13-17-25-49)34(62)55-46(7,8)40(69)58-44(3,4)38(67)53-31(23-14-18-26-50)35(63)56-47(9,10)41(70)59-48(11,12)42(71)60-28-20-16-24-32(60)36(64)65/h29-32,51H,13-28,49-50H2,1-12H3,(H,52,66)(H,53,67)(H,54,61)(H,55,62)(H,56,63)(H,57,68)(H,58,69)(H,59,70)(H,64,65)/t29-,30-,31-,32-/m0/s1. The van der Waals surface area contributed by atoms with Gasteiger partial charge in [-0.3, -0.25) is 43.2 Å². The lowest BCUT2D eigenvalue weighted by Crippen LogP contribution is -2.67. The maximum Gasteiger partial charge on any atom is 0.326 e. The summed E-state index contributed by atoms with van der Waals surface area (Å²) >= 11 is 0. The van der Waals surface area contributed by atoms with Gasteiger partial charge in [0, 0.05) is 6.54 Å². The Bertz CT molecular complexity index is 1950. The van der Waals surface area contributed by atoms with Gasteiger partial charge in [0.15, 0.2) is 0 Å². The highest BCUT2D eigenvalue weighted by Gasteiger charge is 2.45. The molecule has 0 saturated carbocycles. The van der Waals surface area contributed by atoms with Crippen LogP contribution < -0.4 is 59.3 Å². The average molecular weight is 1010 g/mol. The predicted molar refractivity (Wildman–Crippen MR) is 266 cm³/mol. The van der Waals surface area contributed by atoms with Crippen molar-refractivity contribution < 1.29 is 53.1 Å². The Labute approximate surface area is 419 Å². The number of hydrogen-bond donors (Lipinski definition) is 12. The van der Waals surface area contributed by atoms with Crippen molar-refractivity contribution in [2.75, 3.05) is 26.2 Å². The summed E-state index contributed by atoms with van der Waals surface area (Å²) < 4.78 is 0. The smallest absolute Gasteiger partial charge is 0.326 e. The first-order valence-corrected chi connectivity index (χ1v) is 24.9. The summed E-state index contributed by atoms with van der Waals surface area (Å²) in [5.41, 5.74) is 1.90. The molecule has 23 heteroatoms. The van der Waals surface area contributed by atoms with Crippen LogP contribution in [-0.4, -0.2) is 153 Å². The molecule has 9 amide bonds. The number of nitrogens with zero attached hydrogens (tertiary/aromatic N) is 1. The third-order valence-corrected chi connectivity index (χ3v) is 12.8. The van der Waals surface area contributed by atoms with Gasteiger partial charge in [0.2, 0.25) is 53.2 Å². The average Bonchev–Trinajstić information content (AvgIpc) is 3.27. The lowest BCUT2D eigenvalue weighted by Gasteiger charge is -2.39. The number of hydrogen-bond acceptors (Lipinski definition) is 13. The normalized spacial score (nSPS) is 17.9. The van der Waals surface area contributed by atoms with Gasteiger partial charge in [-0.1, -0.05) is 6.42 Å². The molecule has 0 aromatic rings. The molecule has 2 rings (SSSR count). The molecule has 2 fully saturated rings. The van der Waals surface area contributed by atoms with Crippen LogP contribution >= 0.6 is 0 Å². The zero-order valence-corrected chi connectivity index (χ0v) is 44.3. The van der Waals surface area contributed by atoms with E-state index in [1.54, 1.807) is 0 Å². The second-order valence-corrected chi connectivity index (χ2v) is 22.1. The minimum atomic E-state index is -1.69. The Kier molecular flexibility index (Phi) is 22.4. The maximum absolute atomic E-state index is 13.9. The molecule has 0 bridgehead atoms. The highest BCUT2D eigenvalue weighted by atomic mass is 16.4. The molecule has 0 aliphatic carbocycles. The molecule has 0 aromatic carbocycles. The molecule has 23 nitrogen and oxygen atoms in total. The minimum Gasteiger partial charge on any atom is -0.480 e. The molecule has 2 aliphatic heterocycles. The number of piperidine rings is 2. The number of carbonyl (C=O) groups excluding carboxylic acids is 9. The van der Waals surface area contributed by atoms with Gasteiger partial charge in [-0.15, -0.1) is 0 Å². The summed E-state index contributed by atoms with van der Waals surface area (Å²) in [6.07, 6.45) is 6.02. The molecule has 71 heavy (non-hydrogen) atoms. The van der Waals surface area contributed by atoms with Gasteiger partial charge in [-0.05, 0) is 173 Å². The summed E-state index contributed by atoms with van der Waals surface area (Å²) in [4.78, 5) is 136. The molecule has 2 aliphatic rings. The van der Waals surface area contributed by atoms with Crippen molar-refractivity contribution in [1.82, 2.24) is 52.8 Å². The molecule has 404 valence electrons. The third-order valence-electron chi connectivity index (χ3n) is 12.8. The molecule has 2 heterocycles. The van der Waals surface area contributed by atoms with Crippen molar-refractivity contribution in [1.29, 1.82) is 0 Å². The van der Waals surface area contributed by atoms with E-state index in [4.69, 9.17) is 11.5 Å². The Morgan fingerprint density at radius 3 is 1.31 bits per heavy atom. The molecule has 2 saturated heterocycles. The summed E-state index contributed by atoms with van der Waals surface area (Å²) in [5.74, 6) is -7.23. The first-order chi connectivity index (χ1) is 32.7. The van der Waals surface area contributed by atoms with Gasteiger partial charge in [0.05, 0.1) is 6.04 Å². The Balaban J connectivity index is 2.18. The number of aliphatic carboxylic acids is 1. The highest BCUT2D eigenvalue weighted by Crippen LogP contribution is 2.23. The molecule has 4 atom stereocenters. The van der Waals surface area contributed by atoms with Crippen molar-refractivity contribution in [2.24, 2.45) is 11.5 Å². The number of likely N-dealkylation sites (tertiary alicyclic amines) is 1. The number of nitrogens with one attached hydrogen (secondary N) is 9. The van der Waals surface area contributed by atoms with E-state index in [1.165, 1.54) is 88.0 Å². The second kappa shape index (κ2) is 25.8. The molecule has 14 N–H and O–H groups in total. The van der Waals surface area contributed by atoms with E-state index in [-0.39, 0.29) is 31.7 Å². The summed E-state index contributed by atoms with van der Waals surface area (Å²) in [5, 5.41) is 34.3. The largest absolute Gasteiger partial charge is 0.480 e. The van der Waals surface area contributed by atoms with Gasteiger partial charge in [0.1, 0.15) is 51.4 Å². The van der Waals surface area contributed by atoms with Crippen molar-refractivity contribution >= 4 is 59.1 Å². The van der Waals surface area contributed by atoms with Gasteiger partial charge < -0.3 is 69.3 Å². The Morgan fingerprint density at radius 2 is 0.915 bits per heavy atom. The number of carboxylic acid groups (broad SMARTS) is 1. The van der Waals surface area contributed by atoms with E-state index in [9.17, 15) is 53.1 Å². The quantitative estimate of drug-likeness (QED) is 0.0472. The fourth-order valence-corrected chi connectivity index (χ4v) is 7.91. The third kappa shape index (κ3) is 18.3. The maximum atomic E-state index is 13.9. The molecular formula is C48H86N12O11. The van der Waals surface area contributed by atoms with Crippen LogP contribution in [0.5, 0.6) is 0 Å².